The molecule has 2 rings (SSSR count). The third-order valence-electron chi connectivity index (χ3n) is 4.33. The quantitative estimate of drug-likeness (QED) is 0.606. The number of carbonyl (C=O) groups is 1. The summed E-state index contributed by atoms with van der Waals surface area (Å²) in [6, 6.07) is 15.0. The van der Waals surface area contributed by atoms with Crippen LogP contribution in [-0.4, -0.2) is 27.2 Å². The Morgan fingerprint density at radius 2 is 1.69 bits per heavy atom. The summed E-state index contributed by atoms with van der Waals surface area (Å²) >= 11 is 0. The maximum absolute atomic E-state index is 12.1. The van der Waals surface area contributed by atoms with E-state index in [1.54, 1.807) is 24.3 Å². The van der Waals surface area contributed by atoms with E-state index < -0.39 is 10.0 Å². The molecule has 29 heavy (non-hydrogen) atoms. The third-order valence-corrected chi connectivity index (χ3v) is 4.92. The summed E-state index contributed by atoms with van der Waals surface area (Å²) in [6.45, 7) is 7.20. The van der Waals surface area contributed by atoms with Gasteiger partial charge in [-0.1, -0.05) is 51.1 Å². The van der Waals surface area contributed by atoms with Crippen molar-refractivity contribution >= 4 is 21.6 Å². The zero-order valence-electron chi connectivity index (χ0n) is 17.5. The second kappa shape index (κ2) is 9.78. The fourth-order valence-electron chi connectivity index (χ4n) is 2.73. The first-order valence-corrected chi connectivity index (χ1v) is 11.5. The van der Waals surface area contributed by atoms with Crippen LogP contribution in [0.25, 0.3) is 0 Å². The SMILES string of the molecule is CC(C)(C)c1ccc(OCCCC(=O)NCc2ccccc2NS(C)(=O)=O)cc1. The monoisotopic (exact) mass is 418 g/mol. The predicted octanol–water partition coefficient (Wildman–Crippen LogP) is 3.83. The zero-order valence-corrected chi connectivity index (χ0v) is 18.3. The number of amides is 1. The number of sulfonamides is 1. The maximum Gasteiger partial charge on any atom is 0.229 e. The molecule has 0 saturated heterocycles. The van der Waals surface area contributed by atoms with Crippen molar-refractivity contribution in [3.05, 3.63) is 59.7 Å². The number of hydrogen-bond acceptors (Lipinski definition) is 4. The number of para-hydroxylation sites is 1. The first kappa shape index (κ1) is 22.7. The lowest BCUT2D eigenvalue weighted by molar-refractivity contribution is -0.121. The van der Waals surface area contributed by atoms with Crippen LogP contribution < -0.4 is 14.8 Å². The van der Waals surface area contributed by atoms with Crippen LogP contribution >= 0.6 is 0 Å². The van der Waals surface area contributed by atoms with Gasteiger partial charge in [-0.2, -0.15) is 0 Å². The molecular formula is C22H30N2O4S. The Morgan fingerprint density at radius 3 is 2.31 bits per heavy atom. The van der Waals surface area contributed by atoms with Crippen molar-refractivity contribution in [2.24, 2.45) is 0 Å². The van der Waals surface area contributed by atoms with Crippen LogP contribution in [0.4, 0.5) is 5.69 Å². The van der Waals surface area contributed by atoms with Crippen LogP contribution in [0.2, 0.25) is 0 Å². The van der Waals surface area contributed by atoms with Gasteiger partial charge < -0.3 is 10.1 Å². The van der Waals surface area contributed by atoms with Crippen molar-refractivity contribution in [1.82, 2.24) is 5.32 Å². The van der Waals surface area contributed by atoms with Crippen LogP contribution in [0, 0.1) is 0 Å². The zero-order chi connectivity index (χ0) is 21.5. The maximum atomic E-state index is 12.1. The van der Waals surface area contributed by atoms with Crippen molar-refractivity contribution < 1.29 is 17.9 Å². The van der Waals surface area contributed by atoms with Gasteiger partial charge in [0.2, 0.25) is 15.9 Å². The molecule has 0 aliphatic rings. The van der Waals surface area contributed by atoms with Gasteiger partial charge in [-0.3, -0.25) is 9.52 Å². The van der Waals surface area contributed by atoms with Crippen molar-refractivity contribution in [3.8, 4) is 5.75 Å². The molecule has 0 fully saturated rings. The molecule has 2 N–H and O–H groups in total. The van der Waals surface area contributed by atoms with E-state index in [0.29, 0.717) is 30.7 Å². The Hall–Kier alpha value is -2.54. The topological polar surface area (TPSA) is 84.5 Å². The highest BCUT2D eigenvalue weighted by molar-refractivity contribution is 7.92. The molecule has 1 amide bonds. The van der Waals surface area contributed by atoms with Crippen molar-refractivity contribution in [3.63, 3.8) is 0 Å². The first-order chi connectivity index (χ1) is 13.5. The molecule has 0 atom stereocenters. The van der Waals surface area contributed by atoms with Crippen LogP contribution in [0.3, 0.4) is 0 Å². The van der Waals surface area contributed by atoms with Gasteiger partial charge >= 0.3 is 0 Å². The van der Waals surface area contributed by atoms with Crippen LogP contribution in [0.15, 0.2) is 48.5 Å². The van der Waals surface area contributed by atoms with E-state index in [1.807, 2.05) is 12.1 Å². The lowest BCUT2D eigenvalue weighted by Crippen LogP contribution is -2.24. The van der Waals surface area contributed by atoms with E-state index in [2.05, 4.69) is 42.9 Å². The minimum absolute atomic E-state index is 0.103. The van der Waals surface area contributed by atoms with E-state index >= 15 is 0 Å². The molecular weight excluding hydrogens is 388 g/mol. The van der Waals surface area contributed by atoms with Crippen LogP contribution in [0.5, 0.6) is 5.75 Å². The largest absolute Gasteiger partial charge is 0.494 e. The standard InChI is InChI=1S/C22H30N2O4S/c1-22(2,3)18-11-13-19(14-12-18)28-15-7-10-21(25)23-16-17-8-5-6-9-20(17)24-29(4,26)27/h5-6,8-9,11-14,24H,7,10,15-16H2,1-4H3,(H,23,25). The number of anilines is 1. The summed E-state index contributed by atoms with van der Waals surface area (Å²) in [5, 5.41) is 2.82. The van der Waals surface area contributed by atoms with Gasteiger partial charge in [0.1, 0.15) is 5.75 Å². The molecule has 7 heteroatoms. The Bertz CT molecular complexity index is 917. The lowest BCUT2D eigenvalue weighted by Gasteiger charge is -2.19. The summed E-state index contributed by atoms with van der Waals surface area (Å²) in [6.07, 6.45) is 2.02. The van der Waals surface area contributed by atoms with E-state index in [0.717, 1.165) is 12.0 Å². The average Bonchev–Trinajstić information content (AvgIpc) is 2.63. The van der Waals surface area contributed by atoms with Gasteiger partial charge in [0.15, 0.2) is 0 Å². The lowest BCUT2D eigenvalue weighted by atomic mass is 9.87. The number of benzene rings is 2. The van der Waals surface area contributed by atoms with Crippen LogP contribution in [-0.2, 0) is 26.8 Å². The predicted molar refractivity (Wildman–Crippen MR) is 117 cm³/mol. The Morgan fingerprint density at radius 1 is 1.03 bits per heavy atom. The molecule has 0 radical (unpaired) electrons. The molecule has 2 aromatic rings. The molecule has 0 spiro atoms. The van der Waals surface area contributed by atoms with E-state index in [1.165, 1.54) is 5.56 Å². The summed E-state index contributed by atoms with van der Waals surface area (Å²) < 4.78 is 31.0. The molecule has 0 heterocycles. The highest BCUT2D eigenvalue weighted by Crippen LogP contribution is 2.24. The molecule has 158 valence electrons. The molecule has 0 bridgehead atoms. The molecule has 0 saturated carbocycles. The molecule has 2 aromatic carbocycles. The number of carbonyl (C=O) groups excluding carboxylic acids is 1. The van der Waals surface area contributed by atoms with Crippen molar-refractivity contribution in [2.75, 3.05) is 17.6 Å². The summed E-state index contributed by atoms with van der Waals surface area (Å²) in [7, 11) is -3.37. The van der Waals surface area contributed by atoms with Gasteiger partial charge in [0.25, 0.3) is 0 Å². The van der Waals surface area contributed by atoms with E-state index in [-0.39, 0.29) is 17.9 Å². The molecule has 0 aromatic heterocycles. The van der Waals surface area contributed by atoms with Crippen molar-refractivity contribution in [2.45, 2.75) is 45.6 Å². The number of rotatable bonds is 9. The fourth-order valence-corrected chi connectivity index (χ4v) is 3.33. The summed E-state index contributed by atoms with van der Waals surface area (Å²) in [4.78, 5) is 12.1. The highest BCUT2D eigenvalue weighted by Gasteiger charge is 2.13. The number of hydrogen-bond donors (Lipinski definition) is 2. The number of ether oxygens (including phenoxy) is 1. The highest BCUT2D eigenvalue weighted by atomic mass is 32.2. The van der Waals surface area contributed by atoms with E-state index in [9.17, 15) is 13.2 Å². The van der Waals surface area contributed by atoms with Gasteiger partial charge in [-0.25, -0.2) is 8.42 Å². The van der Waals surface area contributed by atoms with Gasteiger partial charge in [0.05, 0.1) is 18.6 Å². The second-order valence-corrected chi connectivity index (χ2v) is 9.78. The number of nitrogens with one attached hydrogen (secondary N) is 2. The summed E-state index contributed by atoms with van der Waals surface area (Å²) in [5.74, 6) is 0.685. The van der Waals surface area contributed by atoms with Gasteiger partial charge in [0, 0.05) is 13.0 Å². The normalized spacial score (nSPS) is 11.7. The molecule has 0 aliphatic carbocycles. The molecule has 0 aliphatic heterocycles. The minimum atomic E-state index is -3.37. The van der Waals surface area contributed by atoms with Gasteiger partial charge in [-0.05, 0) is 41.2 Å². The summed E-state index contributed by atoms with van der Waals surface area (Å²) in [5.41, 5.74) is 2.53. The Labute approximate surface area is 173 Å². The Kier molecular flexibility index (Phi) is 7.67. The van der Waals surface area contributed by atoms with E-state index in [4.69, 9.17) is 4.74 Å². The Balaban J connectivity index is 1.74. The fraction of sp³-hybridized carbons (Fsp3) is 0.409. The second-order valence-electron chi connectivity index (χ2n) is 8.03. The molecule has 0 unspecified atom stereocenters. The smallest absolute Gasteiger partial charge is 0.229 e. The average molecular weight is 419 g/mol. The molecule has 6 nitrogen and oxygen atoms in total. The minimum Gasteiger partial charge on any atom is -0.494 e. The van der Waals surface area contributed by atoms with Gasteiger partial charge in [-0.15, -0.1) is 0 Å². The third kappa shape index (κ3) is 8.15. The first-order valence-electron chi connectivity index (χ1n) is 9.60. The van der Waals surface area contributed by atoms with Crippen molar-refractivity contribution in [1.29, 1.82) is 0 Å². The van der Waals surface area contributed by atoms with Crippen LogP contribution in [0.1, 0.15) is 44.7 Å².